The highest BCUT2D eigenvalue weighted by atomic mass is 16.2. The van der Waals surface area contributed by atoms with Crippen LogP contribution in [0.25, 0.3) is 0 Å². The summed E-state index contributed by atoms with van der Waals surface area (Å²) in [6.07, 6.45) is 4.34. The summed E-state index contributed by atoms with van der Waals surface area (Å²) in [6, 6.07) is -0.610. The second kappa shape index (κ2) is 8.75. The maximum absolute atomic E-state index is 11.7. The minimum absolute atomic E-state index is 0.147. The molecule has 0 radical (unpaired) electrons. The molecule has 2 amide bonds. The Morgan fingerprint density at radius 3 is 2.53 bits per heavy atom. The zero-order valence-corrected chi connectivity index (χ0v) is 10.4. The first-order valence-electron chi connectivity index (χ1n) is 5.93. The van der Waals surface area contributed by atoms with E-state index in [9.17, 15) is 9.59 Å². The van der Waals surface area contributed by atoms with Crippen LogP contribution < -0.4 is 16.8 Å². The summed E-state index contributed by atoms with van der Waals surface area (Å²) in [4.78, 5) is 22.9. The molecule has 2 atom stereocenters. The van der Waals surface area contributed by atoms with E-state index in [1.807, 2.05) is 6.92 Å². The Labute approximate surface area is 103 Å². The van der Waals surface area contributed by atoms with E-state index in [-0.39, 0.29) is 11.8 Å². The van der Waals surface area contributed by atoms with Gasteiger partial charge in [0.2, 0.25) is 11.8 Å². The summed E-state index contributed by atoms with van der Waals surface area (Å²) in [6.45, 7) is 5.95. The lowest BCUT2D eigenvalue weighted by atomic mass is 10.0. The predicted octanol–water partition coefficient (Wildman–Crippen LogP) is 0.298. The van der Waals surface area contributed by atoms with Crippen LogP contribution in [0, 0.1) is 5.92 Å². The van der Waals surface area contributed by atoms with Gasteiger partial charge in [-0.15, -0.1) is 6.58 Å². The molecule has 0 aliphatic heterocycles. The lowest BCUT2D eigenvalue weighted by molar-refractivity contribution is -0.129. The molecule has 0 aliphatic rings. The van der Waals surface area contributed by atoms with Crippen LogP contribution in [0.2, 0.25) is 0 Å². The maximum Gasteiger partial charge on any atom is 0.240 e. The Hall–Kier alpha value is -1.36. The van der Waals surface area contributed by atoms with Crippen molar-refractivity contribution in [1.82, 2.24) is 5.32 Å². The van der Waals surface area contributed by atoms with Gasteiger partial charge in [-0.2, -0.15) is 0 Å². The topological polar surface area (TPSA) is 98.2 Å². The largest absolute Gasteiger partial charge is 0.368 e. The SMILES string of the molecule is C=CCC[C@H](NC(=O)[C@@H](C)CCCN)C(N)=O. The Bertz CT molecular complexity index is 266. The second-order valence-corrected chi connectivity index (χ2v) is 4.16. The van der Waals surface area contributed by atoms with E-state index in [0.717, 1.165) is 12.8 Å². The monoisotopic (exact) mass is 241 g/mol. The number of nitrogens with two attached hydrogens (primary N) is 2. The van der Waals surface area contributed by atoms with Gasteiger partial charge in [0.25, 0.3) is 0 Å². The Kier molecular flexibility index (Phi) is 8.05. The lowest BCUT2D eigenvalue weighted by Crippen LogP contribution is -2.46. The minimum atomic E-state index is -0.610. The van der Waals surface area contributed by atoms with Crippen LogP contribution in [-0.2, 0) is 9.59 Å². The number of primary amides is 1. The third kappa shape index (κ3) is 6.73. The summed E-state index contributed by atoms with van der Waals surface area (Å²) in [7, 11) is 0. The molecule has 0 saturated heterocycles. The minimum Gasteiger partial charge on any atom is -0.368 e. The summed E-state index contributed by atoms with van der Waals surface area (Å²) in [5.74, 6) is -0.804. The molecule has 0 saturated carbocycles. The van der Waals surface area contributed by atoms with Gasteiger partial charge >= 0.3 is 0 Å². The molecule has 0 heterocycles. The summed E-state index contributed by atoms with van der Waals surface area (Å²) >= 11 is 0. The summed E-state index contributed by atoms with van der Waals surface area (Å²) < 4.78 is 0. The number of carbonyl (C=O) groups is 2. The van der Waals surface area contributed by atoms with Crippen LogP contribution in [0.15, 0.2) is 12.7 Å². The van der Waals surface area contributed by atoms with Gasteiger partial charge in [-0.25, -0.2) is 0 Å². The van der Waals surface area contributed by atoms with Crippen LogP contribution >= 0.6 is 0 Å². The van der Waals surface area contributed by atoms with E-state index in [2.05, 4.69) is 11.9 Å². The van der Waals surface area contributed by atoms with Crippen molar-refractivity contribution in [3.05, 3.63) is 12.7 Å². The molecule has 0 rings (SSSR count). The normalized spacial score (nSPS) is 13.8. The van der Waals surface area contributed by atoms with Crippen LogP contribution in [0.5, 0.6) is 0 Å². The number of amides is 2. The van der Waals surface area contributed by atoms with Gasteiger partial charge in [0.05, 0.1) is 0 Å². The predicted molar refractivity (Wildman–Crippen MR) is 68.0 cm³/mol. The maximum atomic E-state index is 11.7. The van der Waals surface area contributed by atoms with Crippen molar-refractivity contribution in [2.24, 2.45) is 17.4 Å². The van der Waals surface area contributed by atoms with Crippen molar-refractivity contribution >= 4 is 11.8 Å². The van der Waals surface area contributed by atoms with Crippen molar-refractivity contribution in [2.75, 3.05) is 6.54 Å². The highest BCUT2D eigenvalue weighted by Crippen LogP contribution is 2.06. The first-order valence-corrected chi connectivity index (χ1v) is 5.93. The van der Waals surface area contributed by atoms with Gasteiger partial charge in [-0.3, -0.25) is 9.59 Å². The summed E-state index contributed by atoms with van der Waals surface area (Å²) in [5, 5.41) is 2.66. The molecule has 17 heavy (non-hydrogen) atoms. The third-order valence-corrected chi connectivity index (χ3v) is 2.61. The van der Waals surface area contributed by atoms with E-state index in [4.69, 9.17) is 11.5 Å². The van der Waals surface area contributed by atoms with E-state index in [0.29, 0.717) is 19.4 Å². The van der Waals surface area contributed by atoms with Crippen LogP contribution in [0.3, 0.4) is 0 Å². The zero-order valence-electron chi connectivity index (χ0n) is 10.4. The molecule has 98 valence electrons. The molecule has 5 nitrogen and oxygen atoms in total. The Morgan fingerprint density at radius 1 is 1.41 bits per heavy atom. The fourth-order valence-corrected chi connectivity index (χ4v) is 1.44. The van der Waals surface area contributed by atoms with Crippen LogP contribution in [0.4, 0.5) is 0 Å². The first-order chi connectivity index (χ1) is 8.02. The number of allylic oxidation sites excluding steroid dienone is 1. The number of hydrogen-bond donors (Lipinski definition) is 3. The molecule has 0 aliphatic carbocycles. The first kappa shape index (κ1) is 15.6. The zero-order chi connectivity index (χ0) is 13.3. The Morgan fingerprint density at radius 2 is 2.06 bits per heavy atom. The molecule has 0 spiro atoms. The molecule has 0 bridgehead atoms. The van der Waals surface area contributed by atoms with Gasteiger partial charge in [0, 0.05) is 5.92 Å². The molecular weight excluding hydrogens is 218 g/mol. The smallest absolute Gasteiger partial charge is 0.240 e. The molecule has 0 aromatic heterocycles. The van der Waals surface area contributed by atoms with E-state index in [1.54, 1.807) is 6.08 Å². The van der Waals surface area contributed by atoms with Crippen molar-refractivity contribution in [1.29, 1.82) is 0 Å². The van der Waals surface area contributed by atoms with E-state index < -0.39 is 11.9 Å². The number of carbonyl (C=O) groups excluding carboxylic acids is 2. The van der Waals surface area contributed by atoms with Gasteiger partial charge in [0.1, 0.15) is 6.04 Å². The average molecular weight is 241 g/mol. The standard InChI is InChI=1S/C12H23N3O2/c1-3-4-7-10(11(14)16)15-12(17)9(2)6-5-8-13/h3,9-10H,1,4-8,13H2,2H3,(H2,14,16)(H,15,17)/t9-,10-/m0/s1. The fraction of sp³-hybridized carbons (Fsp3) is 0.667. The van der Waals surface area contributed by atoms with Gasteiger partial charge in [0.15, 0.2) is 0 Å². The van der Waals surface area contributed by atoms with Crippen LogP contribution in [0.1, 0.15) is 32.6 Å². The molecular formula is C12H23N3O2. The molecule has 0 aromatic rings. The second-order valence-electron chi connectivity index (χ2n) is 4.16. The van der Waals surface area contributed by atoms with Gasteiger partial charge < -0.3 is 16.8 Å². The number of nitrogens with one attached hydrogen (secondary N) is 1. The molecule has 0 unspecified atom stereocenters. The van der Waals surface area contributed by atoms with E-state index >= 15 is 0 Å². The number of hydrogen-bond acceptors (Lipinski definition) is 3. The lowest BCUT2D eigenvalue weighted by Gasteiger charge is -2.17. The van der Waals surface area contributed by atoms with E-state index in [1.165, 1.54) is 0 Å². The quantitative estimate of drug-likeness (QED) is 0.506. The summed E-state index contributed by atoms with van der Waals surface area (Å²) in [5.41, 5.74) is 10.6. The van der Waals surface area contributed by atoms with Crippen molar-refractivity contribution in [2.45, 2.75) is 38.6 Å². The molecule has 0 aromatic carbocycles. The van der Waals surface area contributed by atoms with Crippen molar-refractivity contribution in [3.8, 4) is 0 Å². The Balaban J connectivity index is 4.19. The molecule has 5 heteroatoms. The van der Waals surface area contributed by atoms with Gasteiger partial charge in [-0.1, -0.05) is 13.0 Å². The molecule has 5 N–H and O–H groups in total. The van der Waals surface area contributed by atoms with Crippen molar-refractivity contribution < 1.29 is 9.59 Å². The van der Waals surface area contributed by atoms with Gasteiger partial charge in [-0.05, 0) is 32.2 Å². The van der Waals surface area contributed by atoms with Crippen LogP contribution in [-0.4, -0.2) is 24.4 Å². The highest BCUT2D eigenvalue weighted by molar-refractivity contribution is 5.87. The van der Waals surface area contributed by atoms with Crippen molar-refractivity contribution in [3.63, 3.8) is 0 Å². The number of rotatable bonds is 9. The molecule has 0 fully saturated rings. The fourth-order valence-electron chi connectivity index (χ4n) is 1.44. The average Bonchev–Trinajstić information content (AvgIpc) is 2.30. The third-order valence-electron chi connectivity index (χ3n) is 2.61. The highest BCUT2D eigenvalue weighted by Gasteiger charge is 2.20.